The minimum Gasteiger partial charge on any atom is -0.506 e. The number of aromatic nitrogens is 6. The van der Waals surface area contributed by atoms with E-state index in [1.165, 1.54) is 11.3 Å². The highest BCUT2D eigenvalue weighted by molar-refractivity contribution is 7.29. The molecule has 0 aliphatic carbocycles. The second kappa shape index (κ2) is 7.76. The summed E-state index contributed by atoms with van der Waals surface area (Å²) in [5.41, 5.74) is 2.97. The zero-order valence-corrected chi connectivity index (χ0v) is 18.9. The molecule has 0 bridgehead atoms. The van der Waals surface area contributed by atoms with E-state index >= 15 is 0 Å². The summed E-state index contributed by atoms with van der Waals surface area (Å²) >= 11 is 3.05. The van der Waals surface area contributed by atoms with Crippen LogP contribution in [0.4, 0.5) is 5.13 Å². The topological polar surface area (TPSA) is 104 Å². The Kier molecular flexibility index (Phi) is 4.74. The van der Waals surface area contributed by atoms with E-state index in [9.17, 15) is 5.11 Å². The van der Waals surface area contributed by atoms with Crippen LogP contribution in [0.1, 0.15) is 12.8 Å². The van der Waals surface area contributed by atoms with Crippen LogP contribution < -0.4 is 10.2 Å². The Balaban J connectivity index is 1.28. The maximum Gasteiger partial charge on any atom is 0.188 e. The second-order valence-corrected chi connectivity index (χ2v) is 9.76. The maximum absolute atomic E-state index is 10.7. The normalized spacial score (nSPS) is 15.0. The minimum absolute atomic E-state index is 0.0970. The number of piperidine rings is 1. The Hall–Kier alpha value is -3.15. The second-order valence-electron chi connectivity index (χ2n) is 7.82. The van der Waals surface area contributed by atoms with Gasteiger partial charge in [0.2, 0.25) is 0 Å². The number of rotatable bonds is 4. The van der Waals surface area contributed by atoms with Gasteiger partial charge in [0.05, 0.1) is 0 Å². The minimum atomic E-state index is 0.0970. The summed E-state index contributed by atoms with van der Waals surface area (Å²) in [6.07, 6.45) is 7.55. The Morgan fingerprint density at radius 3 is 2.78 bits per heavy atom. The van der Waals surface area contributed by atoms with Gasteiger partial charge < -0.3 is 15.3 Å². The number of nitrogens with one attached hydrogen (secondary N) is 1. The van der Waals surface area contributed by atoms with Gasteiger partial charge in [0.15, 0.2) is 20.4 Å². The van der Waals surface area contributed by atoms with Crippen molar-refractivity contribution in [2.45, 2.75) is 18.9 Å². The molecular formula is C21H20N8OS2. The molecule has 5 aromatic rings. The number of hydrogen-bond acceptors (Lipinski definition) is 10. The Morgan fingerprint density at radius 2 is 1.97 bits per heavy atom. The quantitative estimate of drug-likeness (QED) is 0.417. The van der Waals surface area contributed by atoms with Crippen molar-refractivity contribution in [3.05, 3.63) is 36.9 Å². The number of pyridine rings is 2. The maximum atomic E-state index is 10.7. The molecule has 32 heavy (non-hydrogen) atoms. The molecule has 6 heterocycles. The van der Waals surface area contributed by atoms with E-state index in [2.05, 4.69) is 32.4 Å². The average Bonchev–Trinajstić information content (AvgIpc) is 3.53. The van der Waals surface area contributed by atoms with E-state index in [1.54, 1.807) is 29.9 Å². The molecule has 0 amide bonds. The Morgan fingerprint density at radius 1 is 1.12 bits per heavy atom. The molecule has 1 aliphatic rings. The van der Waals surface area contributed by atoms with Crippen molar-refractivity contribution >= 4 is 43.1 Å². The number of anilines is 1. The van der Waals surface area contributed by atoms with Gasteiger partial charge in [0.1, 0.15) is 22.8 Å². The van der Waals surface area contributed by atoms with E-state index < -0.39 is 0 Å². The molecule has 0 spiro atoms. The van der Waals surface area contributed by atoms with Gasteiger partial charge in [0, 0.05) is 36.6 Å². The third-order valence-corrected chi connectivity index (χ3v) is 7.94. The van der Waals surface area contributed by atoms with Crippen molar-refractivity contribution in [3.63, 3.8) is 0 Å². The summed E-state index contributed by atoms with van der Waals surface area (Å²) in [7, 11) is 2.11. The van der Waals surface area contributed by atoms with Crippen molar-refractivity contribution in [2.75, 3.05) is 25.0 Å². The zero-order chi connectivity index (χ0) is 21.7. The smallest absolute Gasteiger partial charge is 0.188 e. The monoisotopic (exact) mass is 464 g/mol. The Bertz CT molecular complexity index is 1390. The van der Waals surface area contributed by atoms with Crippen molar-refractivity contribution in [1.29, 1.82) is 0 Å². The number of fused-ring (bicyclic) bond motifs is 2. The fourth-order valence-corrected chi connectivity index (χ4v) is 6.09. The van der Waals surface area contributed by atoms with Crippen LogP contribution in [0.5, 0.6) is 5.75 Å². The molecule has 9 nitrogen and oxygen atoms in total. The first-order chi connectivity index (χ1) is 15.7. The van der Waals surface area contributed by atoms with Crippen LogP contribution in [-0.2, 0) is 0 Å². The summed E-state index contributed by atoms with van der Waals surface area (Å²) < 4.78 is 1.83. The van der Waals surface area contributed by atoms with Crippen molar-refractivity contribution < 1.29 is 5.11 Å². The van der Waals surface area contributed by atoms with E-state index in [1.807, 2.05) is 22.7 Å². The van der Waals surface area contributed by atoms with Gasteiger partial charge in [-0.15, -0.1) is 10.2 Å². The van der Waals surface area contributed by atoms with E-state index in [0.717, 1.165) is 57.5 Å². The van der Waals surface area contributed by atoms with Gasteiger partial charge in [-0.05, 0) is 44.1 Å². The fraction of sp³-hybridized carbons (Fsp3) is 0.286. The number of nitrogens with zero attached hydrogens (tertiary/aromatic N) is 7. The van der Waals surface area contributed by atoms with Crippen LogP contribution in [0.3, 0.4) is 0 Å². The molecule has 162 valence electrons. The molecule has 5 aromatic heterocycles. The van der Waals surface area contributed by atoms with Crippen molar-refractivity contribution in [3.8, 4) is 27.6 Å². The van der Waals surface area contributed by atoms with Crippen molar-refractivity contribution in [2.24, 2.45) is 0 Å². The lowest BCUT2D eigenvalue weighted by atomic mass is 10.1. The molecule has 1 aliphatic heterocycles. The molecule has 1 saturated heterocycles. The number of thiazole rings is 2. The Labute approximate surface area is 191 Å². The standard InChI is InChI=1S/C21H20N8OS2/c1-28(14-4-6-22-7-5-14)21-26-20-19(32-21)25-18(31-20)17-15(30)8-13(9-23-17)12-2-3-16-27-24-11-29(16)10-12/h2-3,8-11,14,22,30H,4-7H2,1H3. The predicted molar refractivity (Wildman–Crippen MR) is 126 cm³/mol. The molecule has 0 aromatic carbocycles. The van der Waals surface area contributed by atoms with Crippen LogP contribution in [0.25, 0.3) is 37.1 Å². The van der Waals surface area contributed by atoms with Gasteiger partial charge in [0.25, 0.3) is 0 Å². The van der Waals surface area contributed by atoms with Crippen LogP contribution in [0, 0.1) is 0 Å². The third kappa shape index (κ3) is 3.38. The molecule has 11 heteroatoms. The molecule has 2 N–H and O–H groups in total. The fourth-order valence-electron chi connectivity index (χ4n) is 4.01. The van der Waals surface area contributed by atoms with Gasteiger partial charge in [-0.1, -0.05) is 22.7 Å². The zero-order valence-electron chi connectivity index (χ0n) is 17.3. The van der Waals surface area contributed by atoms with Crippen molar-refractivity contribution in [1.82, 2.24) is 34.9 Å². The van der Waals surface area contributed by atoms with E-state index in [0.29, 0.717) is 16.7 Å². The summed E-state index contributed by atoms with van der Waals surface area (Å²) in [4.78, 5) is 18.1. The number of hydrogen-bond donors (Lipinski definition) is 2. The third-order valence-electron chi connectivity index (χ3n) is 5.82. The van der Waals surface area contributed by atoms with E-state index in [-0.39, 0.29) is 5.75 Å². The summed E-state index contributed by atoms with van der Waals surface area (Å²) in [5.74, 6) is 0.0970. The summed E-state index contributed by atoms with van der Waals surface area (Å²) in [6, 6.07) is 6.04. The van der Waals surface area contributed by atoms with Gasteiger partial charge >= 0.3 is 0 Å². The SMILES string of the molecule is CN(c1nc2sc(-c3ncc(-c4ccc5nncn5c4)cc3O)nc2s1)C1CCNCC1. The molecule has 0 atom stereocenters. The first kappa shape index (κ1) is 19.5. The molecule has 0 unspecified atom stereocenters. The number of aromatic hydroxyl groups is 1. The average molecular weight is 465 g/mol. The summed E-state index contributed by atoms with van der Waals surface area (Å²) in [6.45, 7) is 2.09. The van der Waals surface area contributed by atoms with Crippen LogP contribution in [-0.4, -0.2) is 60.8 Å². The van der Waals surface area contributed by atoms with Crippen LogP contribution in [0.15, 0.2) is 36.9 Å². The largest absolute Gasteiger partial charge is 0.506 e. The van der Waals surface area contributed by atoms with Gasteiger partial charge in [-0.25, -0.2) is 15.0 Å². The van der Waals surface area contributed by atoms with Crippen LogP contribution in [0.2, 0.25) is 0 Å². The highest BCUT2D eigenvalue weighted by atomic mass is 32.1. The lowest BCUT2D eigenvalue weighted by Crippen LogP contribution is -2.41. The molecule has 6 rings (SSSR count). The predicted octanol–water partition coefficient (Wildman–Crippen LogP) is 3.42. The van der Waals surface area contributed by atoms with Gasteiger partial charge in [-0.3, -0.25) is 4.40 Å². The lowest BCUT2D eigenvalue weighted by Gasteiger charge is -2.31. The molecule has 0 radical (unpaired) electrons. The first-order valence-corrected chi connectivity index (χ1v) is 12.0. The van der Waals surface area contributed by atoms with E-state index in [4.69, 9.17) is 9.97 Å². The van der Waals surface area contributed by atoms with Gasteiger partial charge in [-0.2, -0.15) is 0 Å². The lowest BCUT2D eigenvalue weighted by molar-refractivity contribution is 0.443. The molecular weight excluding hydrogens is 444 g/mol. The molecule has 0 saturated carbocycles. The highest BCUT2D eigenvalue weighted by Crippen LogP contribution is 2.39. The summed E-state index contributed by atoms with van der Waals surface area (Å²) in [5, 5.41) is 23.7. The first-order valence-electron chi connectivity index (χ1n) is 10.4. The highest BCUT2D eigenvalue weighted by Gasteiger charge is 2.22. The van der Waals surface area contributed by atoms with Crippen LogP contribution >= 0.6 is 22.7 Å². The molecule has 1 fully saturated rings.